The minimum atomic E-state index is -3.78. The summed E-state index contributed by atoms with van der Waals surface area (Å²) in [6.07, 6.45) is 1.91. The third-order valence-electron chi connectivity index (χ3n) is 3.38. The van der Waals surface area contributed by atoms with Crippen molar-refractivity contribution < 1.29 is 17.9 Å². The molecule has 8 heteroatoms. The Kier molecular flexibility index (Phi) is 5.31. The number of methoxy groups -OCH3 is 1. The molecule has 1 aliphatic rings. The Balaban J connectivity index is 2.18. The molecule has 0 aromatic heterocycles. The highest BCUT2D eigenvalue weighted by Gasteiger charge is 2.29. The van der Waals surface area contributed by atoms with Crippen LogP contribution in [0, 0.1) is 0 Å². The summed E-state index contributed by atoms with van der Waals surface area (Å²) in [4.78, 5) is 11.9. The number of rotatable bonds is 7. The molecule has 0 atom stereocenters. The van der Waals surface area contributed by atoms with Crippen molar-refractivity contribution in [2.24, 2.45) is 0 Å². The number of ether oxygens (including phenoxy) is 1. The highest BCUT2D eigenvalue weighted by Crippen LogP contribution is 2.28. The molecule has 122 valence electrons. The molecule has 1 aromatic carbocycles. The van der Waals surface area contributed by atoms with Crippen LogP contribution in [-0.2, 0) is 14.8 Å². The van der Waals surface area contributed by atoms with Gasteiger partial charge >= 0.3 is 0 Å². The van der Waals surface area contributed by atoms with Gasteiger partial charge in [0.2, 0.25) is 15.9 Å². The van der Waals surface area contributed by atoms with Gasteiger partial charge in [-0.1, -0.05) is 18.5 Å². The van der Waals surface area contributed by atoms with E-state index >= 15 is 0 Å². The lowest BCUT2D eigenvalue weighted by molar-refractivity contribution is -0.121. The molecule has 0 radical (unpaired) electrons. The molecule has 1 fully saturated rings. The number of amides is 1. The molecule has 1 N–H and O–H groups in total. The van der Waals surface area contributed by atoms with E-state index in [9.17, 15) is 13.2 Å². The van der Waals surface area contributed by atoms with Gasteiger partial charge < -0.3 is 10.1 Å². The molecule has 0 saturated heterocycles. The van der Waals surface area contributed by atoms with Gasteiger partial charge in [-0.05, 0) is 31.0 Å². The predicted octanol–water partition coefficient (Wildman–Crippen LogP) is 1.64. The molecular formula is C14H19ClN2O4S. The molecule has 1 aliphatic carbocycles. The van der Waals surface area contributed by atoms with E-state index in [-0.39, 0.29) is 35.0 Å². The van der Waals surface area contributed by atoms with E-state index in [1.165, 1.54) is 25.3 Å². The maximum atomic E-state index is 12.6. The standard InChI is InChI=1S/C14H19ClN2O4S/c1-3-17(9-14(18)16-10-4-5-10)22(19,20)11-6-7-13(21-2)12(15)8-11/h6-8,10H,3-5,9H2,1-2H3,(H,16,18). The molecule has 0 aliphatic heterocycles. The molecule has 1 amide bonds. The average molecular weight is 347 g/mol. The first kappa shape index (κ1) is 17.1. The van der Waals surface area contributed by atoms with Crippen molar-refractivity contribution >= 4 is 27.5 Å². The lowest BCUT2D eigenvalue weighted by atomic mass is 10.3. The Bertz CT molecular complexity index is 659. The minimum Gasteiger partial charge on any atom is -0.495 e. The molecular weight excluding hydrogens is 328 g/mol. The van der Waals surface area contributed by atoms with Crippen LogP contribution in [0.5, 0.6) is 5.75 Å². The van der Waals surface area contributed by atoms with Gasteiger partial charge in [-0.15, -0.1) is 0 Å². The van der Waals surface area contributed by atoms with Gasteiger partial charge in [0.1, 0.15) is 5.75 Å². The number of likely N-dealkylation sites (N-methyl/N-ethyl adjacent to an activating group) is 1. The van der Waals surface area contributed by atoms with Crippen LogP contribution in [0.1, 0.15) is 19.8 Å². The molecule has 1 aromatic rings. The van der Waals surface area contributed by atoms with Gasteiger partial charge in [-0.3, -0.25) is 4.79 Å². The quantitative estimate of drug-likeness (QED) is 0.814. The second-order valence-electron chi connectivity index (χ2n) is 5.07. The van der Waals surface area contributed by atoms with Crippen molar-refractivity contribution in [2.75, 3.05) is 20.2 Å². The number of benzene rings is 1. The molecule has 22 heavy (non-hydrogen) atoms. The Hall–Kier alpha value is -1.31. The third-order valence-corrected chi connectivity index (χ3v) is 5.59. The van der Waals surface area contributed by atoms with Gasteiger partial charge in [0.15, 0.2) is 0 Å². The molecule has 0 unspecified atom stereocenters. The molecule has 2 rings (SSSR count). The SMILES string of the molecule is CCN(CC(=O)NC1CC1)S(=O)(=O)c1ccc(OC)c(Cl)c1. The number of hydrogen-bond acceptors (Lipinski definition) is 4. The fraction of sp³-hybridized carbons (Fsp3) is 0.500. The zero-order chi connectivity index (χ0) is 16.3. The fourth-order valence-electron chi connectivity index (χ4n) is 1.98. The van der Waals surface area contributed by atoms with Crippen LogP contribution >= 0.6 is 11.6 Å². The van der Waals surface area contributed by atoms with Crippen molar-refractivity contribution in [3.63, 3.8) is 0 Å². The number of nitrogens with one attached hydrogen (secondary N) is 1. The number of carbonyl (C=O) groups is 1. The topological polar surface area (TPSA) is 75.7 Å². The lowest BCUT2D eigenvalue weighted by Gasteiger charge is -2.20. The fourth-order valence-corrected chi connectivity index (χ4v) is 3.74. The second kappa shape index (κ2) is 6.85. The summed E-state index contributed by atoms with van der Waals surface area (Å²) in [5.74, 6) is 0.114. The smallest absolute Gasteiger partial charge is 0.243 e. The number of halogens is 1. The largest absolute Gasteiger partial charge is 0.495 e. The van der Waals surface area contributed by atoms with Crippen LogP contribution < -0.4 is 10.1 Å². The van der Waals surface area contributed by atoms with Crippen molar-refractivity contribution in [3.8, 4) is 5.75 Å². The monoisotopic (exact) mass is 346 g/mol. The third kappa shape index (κ3) is 3.91. The molecule has 0 spiro atoms. The summed E-state index contributed by atoms with van der Waals surface area (Å²) in [7, 11) is -2.32. The van der Waals surface area contributed by atoms with Crippen molar-refractivity contribution in [2.45, 2.75) is 30.7 Å². The number of nitrogens with zero attached hydrogens (tertiary/aromatic N) is 1. The Morgan fingerprint density at radius 1 is 1.45 bits per heavy atom. The summed E-state index contributed by atoms with van der Waals surface area (Å²) in [6.45, 7) is 1.69. The van der Waals surface area contributed by atoms with Gasteiger partial charge in [0.05, 0.1) is 23.6 Å². The maximum absolute atomic E-state index is 12.6. The van der Waals surface area contributed by atoms with E-state index in [1.807, 2.05) is 0 Å². The summed E-state index contributed by atoms with van der Waals surface area (Å²) < 4.78 is 31.3. The Morgan fingerprint density at radius 2 is 2.14 bits per heavy atom. The number of sulfonamides is 1. The highest BCUT2D eigenvalue weighted by molar-refractivity contribution is 7.89. The van der Waals surface area contributed by atoms with Crippen LogP contribution in [0.25, 0.3) is 0 Å². The van der Waals surface area contributed by atoms with Crippen LogP contribution in [0.2, 0.25) is 5.02 Å². The normalized spacial score (nSPS) is 14.9. The second-order valence-corrected chi connectivity index (χ2v) is 7.41. The van der Waals surface area contributed by atoms with Crippen molar-refractivity contribution in [1.29, 1.82) is 0 Å². The van der Waals surface area contributed by atoms with E-state index in [2.05, 4.69) is 5.32 Å². The molecule has 0 bridgehead atoms. The van der Waals surface area contributed by atoms with Gasteiger partial charge in [-0.2, -0.15) is 4.31 Å². The van der Waals surface area contributed by atoms with Gasteiger partial charge in [0.25, 0.3) is 0 Å². The van der Waals surface area contributed by atoms with Gasteiger partial charge in [-0.25, -0.2) is 8.42 Å². The van der Waals surface area contributed by atoms with Gasteiger partial charge in [0, 0.05) is 12.6 Å². The Morgan fingerprint density at radius 3 is 2.64 bits per heavy atom. The zero-order valence-electron chi connectivity index (χ0n) is 12.5. The molecule has 0 heterocycles. The summed E-state index contributed by atoms with van der Waals surface area (Å²) in [5.41, 5.74) is 0. The first-order valence-corrected chi connectivity index (χ1v) is 8.83. The Labute approximate surface area is 135 Å². The van der Waals surface area contributed by atoms with E-state index in [1.54, 1.807) is 6.92 Å². The zero-order valence-corrected chi connectivity index (χ0v) is 14.1. The van der Waals surface area contributed by atoms with Crippen molar-refractivity contribution in [1.82, 2.24) is 9.62 Å². The number of hydrogen-bond donors (Lipinski definition) is 1. The highest BCUT2D eigenvalue weighted by atomic mass is 35.5. The first-order valence-electron chi connectivity index (χ1n) is 7.01. The molecule has 6 nitrogen and oxygen atoms in total. The van der Waals surface area contributed by atoms with E-state index in [4.69, 9.17) is 16.3 Å². The van der Waals surface area contributed by atoms with Crippen LogP contribution in [-0.4, -0.2) is 44.9 Å². The van der Waals surface area contributed by atoms with Crippen LogP contribution in [0.4, 0.5) is 0 Å². The van der Waals surface area contributed by atoms with Crippen LogP contribution in [0.15, 0.2) is 23.1 Å². The maximum Gasteiger partial charge on any atom is 0.243 e. The average Bonchev–Trinajstić information content (AvgIpc) is 3.28. The summed E-state index contributed by atoms with van der Waals surface area (Å²) in [6, 6.07) is 4.44. The van der Waals surface area contributed by atoms with Crippen LogP contribution in [0.3, 0.4) is 0 Å². The number of carbonyl (C=O) groups excluding carboxylic acids is 1. The van der Waals surface area contributed by atoms with E-state index < -0.39 is 10.0 Å². The van der Waals surface area contributed by atoms with E-state index in [0.717, 1.165) is 17.1 Å². The van der Waals surface area contributed by atoms with E-state index in [0.29, 0.717) is 5.75 Å². The minimum absolute atomic E-state index is 0.0411. The first-order chi connectivity index (χ1) is 10.4. The predicted molar refractivity (Wildman–Crippen MR) is 83.6 cm³/mol. The molecule has 1 saturated carbocycles. The summed E-state index contributed by atoms with van der Waals surface area (Å²) >= 11 is 5.98. The lowest BCUT2D eigenvalue weighted by Crippen LogP contribution is -2.41. The van der Waals surface area contributed by atoms with Crippen molar-refractivity contribution in [3.05, 3.63) is 23.2 Å². The summed E-state index contributed by atoms with van der Waals surface area (Å²) in [5, 5.41) is 2.99.